The zero-order valence-electron chi connectivity index (χ0n) is 13.5. The largest absolute Gasteiger partial charge is 0.367 e. The molecule has 1 aliphatic carbocycles. The smallest absolute Gasteiger partial charge is 0.261 e. The Morgan fingerprint density at radius 3 is 2.62 bits per heavy atom. The average molecular weight is 320 g/mol. The quantitative estimate of drug-likeness (QED) is 0.764. The van der Waals surface area contributed by atoms with Crippen molar-refractivity contribution in [3.05, 3.63) is 48.7 Å². The lowest BCUT2D eigenvalue weighted by Crippen LogP contribution is -2.23. The fourth-order valence-electron chi connectivity index (χ4n) is 3.17. The fourth-order valence-corrected chi connectivity index (χ4v) is 3.17. The first-order valence-electron chi connectivity index (χ1n) is 8.51. The molecule has 0 radical (unpaired) electrons. The summed E-state index contributed by atoms with van der Waals surface area (Å²) in [5.74, 6) is 1.92. The van der Waals surface area contributed by atoms with E-state index in [-0.39, 0.29) is 0 Å². The normalized spacial score (nSPS) is 15.3. The number of aromatic nitrogens is 3. The molecule has 5 heteroatoms. The Morgan fingerprint density at radius 1 is 0.958 bits per heavy atom. The molecule has 1 fully saturated rings. The highest BCUT2D eigenvalue weighted by molar-refractivity contribution is 5.70. The van der Waals surface area contributed by atoms with Crippen LogP contribution in [0.15, 0.2) is 53.2 Å². The molecule has 0 bridgehead atoms. The molecule has 1 N–H and O–H groups in total. The predicted octanol–water partition coefficient (Wildman–Crippen LogP) is 4.54. The topological polar surface area (TPSA) is 63.8 Å². The lowest BCUT2D eigenvalue weighted by atomic mass is 9.95. The van der Waals surface area contributed by atoms with Crippen molar-refractivity contribution in [2.24, 2.45) is 0 Å². The molecule has 0 saturated heterocycles. The Bertz CT molecular complexity index is 794. The number of hydrogen-bond acceptors (Lipinski definition) is 5. The minimum atomic E-state index is 0.476. The molecule has 1 saturated carbocycles. The molecule has 0 aliphatic heterocycles. The summed E-state index contributed by atoms with van der Waals surface area (Å²) in [7, 11) is 0. The number of hydrogen-bond donors (Lipinski definition) is 1. The maximum Gasteiger partial charge on any atom is 0.261 e. The monoisotopic (exact) mass is 320 g/mol. The summed E-state index contributed by atoms with van der Waals surface area (Å²) in [5.41, 5.74) is 1.80. The molecule has 2 heterocycles. The van der Waals surface area contributed by atoms with Gasteiger partial charge in [0.1, 0.15) is 5.82 Å². The summed E-state index contributed by atoms with van der Waals surface area (Å²) < 4.78 is 5.49. The Hall–Kier alpha value is -2.69. The van der Waals surface area contributed by atoms with Crippen molar-refractivity contribution in [1.82, 2.24) is 15.1 Å². The molecule has 1 aliphatic rings. The molecule has 122 valence electrons. The van der Waals surface area contributed by atoms with Crippen LogP contribution in [0.4, 0.5) is 5.82 Å². The van der Waals surface area contributed by atoms with Gasteiger partial charge in [-0.15, -0.1) is 0 Å². The number of benzene rings is 1. The van der Waals surface area contributed by atoms with Gasteiger partial charge >= 0.3 is 0 Å². The van der Waals surface area contributed by atoms with E-state index in [1.54, 1.807) is 6.20 Å². The van der Waals surface area contributed by atoms with E-state index in [4.69, 9.17) is 4.52 Å². The Balaban J connectivity index is 1.61. The fraction of sp³-hybridized carbons (Fsp3) is 0.316. The van der Waals surface area contributed by atoms with Crippen LogP contribution in [0.1, 0.15) is 32.1 Å². The zero-order chi connectivity index (χ0) is 16.2. The molecular weight excluding hydrogens is 300 g/mol. The first kappa shape index (κ1) is 14.9. The van der Waals surface area contributed by atoms with Crippen molar-refractivity contribution < 1.29 is 4.52 Å². The van der Waals surface area contributed by atoms with Gasteiger partial charge in [0.2, 0.25) is 5.82 Å². The standard InChI is InChI=1S/C19H20N4O/c1-3-8-14(9-4-1)17-22-19(24-23-17)16-12-7-13-20-18(16)21-15-10-5-2-6-11-15/h1,3-4,7-9,12-13,15H,2,5-6,10-11H2,(H,20,21). The van der Waals surface area contributed by atoms with Crippen LogP contribution in [0, 0.1) is 0 Å². The first-order chi connectivity index (χ1) is 11.9. The van der Waals surface area contributed by atoms with Crippen LogP contribution >= 0.6 is 0 Å². The highest BCUT2D eigenvalue weighted by Crippen LogP contribution is 2.29. The van der Waals surface area contributed by atoms with E-state index in [0.29, 0.717) is 17.8 Å². The van der Waals surface area contributed by atoms with Gasteiger partial charge in [-0.25, -0.2) is 4.98 Å². The second kappa shape index (κ2) is 6.83. The van der Waals surface area contributed by atoms with Gasteiger partial charge in [0.25, 0.3) is 5.89 Å². The van der Waals surface area contributed by atoms with Gasteiger partial charge in [-0.05, 0) is 25.0 Å². The number of pyridine rings is 1. The van der Waals surface area contributed by atoms with Gasteiger partial charge in [-0.1, -0.05) is 54.8 Å². The molecule has 3 aromatic rings. The second-order valence-electron chi connectivity index (χ2n) is 6.17. The lowest BCUT2D eigenvalue weighted by molar-refractivity contribution is 0.432. The molecule has 0 amide bonds. The van der Waals surface area contributed by atoms with Gasteiger partial charge < -0.3 is 9.84 Å². The van der Waals surface area contributed by atoms with E-state index in [9.17, 15) is 0 Å². The van der Waals surface area contributed by atoms with Crippen molar-refractivity contribution in [1.29, 1.82) is 0 Å². The maximum absolute atomic E-state index is 5.49. The van der Waals surface area contributed by atoms with E-state index in [0.717, 1.165) is 16.9 Å². The number of nitrogens with one attached hydrogen (secondary N) is 1. The van der Waals surface area contributed by atoms with E-state index in [1.807, 2.05) is 42.5 Å². The van der Waals surface area contributed by atoms with Crippen LogP contribution < -0.4 is 5.32 Å². The number of anilines is 1. The second-order valence-corrected chi connectivity index (χ2v) is 6.17. The zero-order valence-corrected chi connectivity index (χ0v) is 13.5. The van der Waals surface area contributed by atoms with Gasteiger partial charge in [0.15, 0.2) is 0 Å². The van der Waals surface area contributed by atoms with Crippen molar-refractivity contribution in [2.45, 2.75) is 38.1 Å². The van der Waals surface area contributed by atoms with Crippen LogP contribution in [-0.2, 0) is 0 Å². The van der Waals surface area contributed by atoms with Crippen molar-refractivity contribution >= 4 is 5.82 Å². The van der Waals surface area contributed by atoms with Crippen LogP contribution in [0.25, 0.3) is 22.8 Å². The molecule has 5 nitrogen and oxygen atoms in total. The van der Waals surface area contributed by atoms with Gasteiger partial charge in [0, 0.05) is 17.8 Å². The molecule has 0 spiro atoms. The third kappa shape index (κ3) is 3.15. The molecule has 0 atom stereocenters. The van der Waals surface area contributed by atoms with E-state index < -0.39 is 0 Å². The third-order valence-corrected chi connectivity index (χ3v) is 4.44. The molecular formula is C19H20N4O. The average Bonchev–Trinajstić information content (AvgIpc) is 3.14. The number of rotatable bonds is 4. The van der Waals surface area contributed by atoms with Crippen molar-refractivity contribution in [2.75, 3.05) is 5.32 Å². The van der Waals surface area contributed by atoms with E-state index >= 15 is 0 Å². The van der Waals surface area contributed by atoms with E-state index in [2.05, 4.69) is 20.4 Å². The molecule has 4 rings (SSSR count). The minimum Gasteiger partial charge on any atom is -0.367 e. The predicted molar refractivity (Wildman–Crippen MR) is 93.5 cm³/mol. The third-order valence-electron chi connectivity index (χ3n) is 4.44. The van der Waals surface area contributed by atoms with Crippen LogP contribution in [0.2, 0.25) is 0 Å². The van der Waals surface area contributed by atoms with Gasteiger partial charge in [-0.3, -0.25) is 0 Å². The molecule has 2 aromatic heterocycles. The molecule has 0 unspecified atom stereocenters. The van der Waals surface area contributed by atoms with Crippen LogP contribution in [-0.4, -0.2) is 21.2 Å². The highest BCUT2D eigenvalue weighted by atomic mass is 16.5. The summed E-state index contributed by atoms with van der Waals surface area (Å²) in [6, 6.07) is 14.2. The molecule has 24 heavy (non-hydrogen) atoms. The maximum atomic E-state index is 5.49. The Kier molecular flexibility index (Phi) is 4.23. The SMILES string of the molecule is c1ccc(-c2noc(-c3cccnc3NC3CCCCC3)n2)cc1. The summed E-state index contributed by atoms with van der Waals surface area (Å²) in [6.45, 7) is 0. The number of nitrogens with zero attached hydrogens (tertiary/aromatic N) is 3. The van der Waals surface area contributed by atoms with Gasteiger partial charge in [0.05, 0.1) is 5.56 Å². The Labute approximate surface area is 141 Å². The van der Waals surface area contributed by atoms with Crippen molar-refractivity contribution in [3.8, 4) is 22.8 Å². The summed E-state index contributed by atoms with van der Waals surface area (Å²) in [4.78, 5) is 9.04. The summed E-state index contributed by atoms with van der Waals surface area (Å²) in [5, 5.41) is 7.67. The lowest BCUT2D eigenvalue weighted by Gasteiger charge is -2.23. The van der Waals surface area contributed by atoms with Crippen molar-refractivity contribution in [3.63, 3.8) is 0 Å². The minimum absolute atomic E-state index is 0.476. The van der Waals surface area contributed by atoms with E-state index in [1.165, 1.54) is 32.1 Å². The summed E-state index contributed by atoms with van der Waals surface area (Å²) in [6.07, 6.45) is 8.06. The van der Waals surface area contributed by atoms with Crippen LogP contribution in [0.5, 0.6) is 0 Å². The highest BCUT2D eigenvalue weighted by Gasteiger charge is 2.18. The Morgan fingerprint density at radius 2 is 1.79 bits per heavy atom. The summed E-state index contributed by atoms with van der Waals surface area (Å²) >= 11 is 0. The molecule has 1 aromatic carbocycles. The van der Waals surface area contributed by atoms with Gasteiger partial charge in [-0.2, -0.15) is 4.98 Å². The first-order valence-corrected chi connectivity index (χ1v) is 8.51. The van der Waals surface area contributed by atoms with Crippen LogP contribution in [0.3, 0.4) is 0 Å².